The van der Waals surface area contributed by atoms with Crippen molar-refractivity contribution in [3.05, 3.63) is 47.5 Å². The summed E-state index contributed by atoms with van der Waals surface area (Å²) in [5.41, 5.74) is 0.297. The molecule has 1 aromatic rings. The third-order valence-corrected chi connectivity index (χ3v) is 1.88. The molecule has 0 heterocycles. The van der Waals surface area contributed by atoms with E-state index in [0.717, 1.165) is 0 Å². The molecule has 1 rings (SSSR count). The molecule has 0 aromatic heterocycles. The quantitative estimate of drug-likeness (QED) is 0.510. The van der Waals surface area contributed by atoms with Gasteiger partial charge in [-0.2, -0.15) is 0 Å². The lowest BCUT2D eigenvalue weighted by atomic mass is 10.1. The average molecular weight is 192 g/mol. The minimum absolute atomic E-state index is 0.299. The van der Waals surface area contributed by atoms with Crippen LogP contribution in [0.25, 0.3) is 0 Å². The Morgan fingerprint density at radius 3 is 2.36 bits per heavy atom. The molecule has 0 bridgehead atoms. The van der Waals surface area contributed by atoms with Crippen LogP contribution >= 0.6 is 0 Å². The maximum absolute atomic E-state index is 13.1. The zero-order valence-corrected chi connectivity index (χ0v) is 7.69. The molecular weight excluding hydrogens is 182 g/mol. The van der Waals surface area contributed by atoms with Crippen LogP contribution in [0.3, 0.4) is 0 Å². The maximum atomic E-state index is 13.1. The van der Waals surface area contributed by atoms with E-state index in [9.17, 15) is 8.78 Å². The zero-order chi connectivity index (χ0) is 10.6. The summed E-state index contributed by atoms with van der Waals surface area (Å²) in [7, 11) is 0. The molecule has 0 saturated heterocycles. The summed E-state index contributed by atoms with van der Waals surface area (Å²) in [5, 5.41) is 0. The van der Waals surface area contributed by atoms with Gasteiger partial charge in [-0.05, 0) is 30.5 Å². The molecule has 0 nitrogen and oxygen atoms in total. The molecule has 0 aliphatic carbocycles. The standard InChI is InChI=1S/C12H10F2/c1-3-5-6-9-7-11(13)10(4-2)12(14)8-9/h2-3,7-8H,1,5-6H2. The van der Waals surface area contributed by atoms with E-state index in [-0.39, 0.29) is 5.56 Å². The molecule has 0 atom stereocenters. The molecule has 1 aromatic carbocycles. The van der Waals surface area contributed by atoms with Crippen molar-refractivity contribution in [2.24, 2.45) is 0 Å². The van der Waals surface area contributed by atoms with Gasteiger partial charge in [-0.25, -0.2) is 8.78 Å². The fourth-order valence-corrected chi connectivity index (χ4v) is 1.18. The van der Waals surface area contributed by atoms with Crippen molar-refractivity contribution in [3.63, 3.8) is 0 Å². The van der Waals surface area contributed by atoms with E-state index < -0.39 is 11.6 Å². The van der Waals surface area contributed by atoms with Crippen molar-refractivity contribution < 1.29 is 8.78 Å². The number of halogens is 2. The second kappa shape index (κ2) is 4.57. The first kappa shape index (κ1) is 10.5. The summed E-state index contributed by atoms with van der Waals surface area (Å²) in [5.74, 6) is 0.628. The van der Waals surface area contributed by atoms with Gasteiger partial charge in [-0.15, -0.1) is 13.0 Å². The molecule has 0 N–H and O–H groups in total. The summed E-state index contributed by atoms with van der Waals surface area (Å²) in [6.07, 6.45) is 7.92. The van der Waals surface area contributed by atoms with Crippen LogP contribution in [-0.2, 0) is 6.42 Å². The first-order chi connectivity index (χ1) is 6.69. The fraction of sp³-hybridized carbons (Fsp3) is 0.167. The normalized spacial score (nSPS) is 9.50. The van der Waals surface area contributed by atoms with Crippen LogP contribution in [0.5, 0.6) is 0 Å². The van der Waals surface area contributed by atoms with Crippen LogP contribution in [-0.4, -0.2) is 0 Å². The second-order valence-electron chi connectivity index (χ2n) is 2.91. The Labute approximate surface area is 82.3 Å². The Kier molecular flexibility index (Phi) is 3.41. The van der Waals surface area contributed by atoms with Crippen molar-refractivity contribution in [2.45, 2.75) is 12.8 Å². The number of aryl methyl sites for hydroxylation is 1. The molecule has 0 fully saturated rings. The van der Waals surface area contributed by atoms with E-state index in [1.807, 2.05) is 5.92 Å². The molecule has 0 saturated carbocycles. The molecule has 0 radical (unpaired) electrons. The van der Waals surface area contributed by atoms with Crippen LogP contribution in [0, 0.1) is 24.0 Å². The van der Waals surface area contributed by atoms with Crippen molar-refractivity contribution >= 4 is 0 Å². The summed E-state index contributed by atoms with van der Waals surface area (Å²) in [4.78, 5) is 0. The van der Waals surface area contributed by atoms with Gasteiger partial charge in [0.25, 0.3) is 0 Å². The third-order valence-electron chi connectivity index (χ3n) is 1.88. The number of allylic oxidation sites excluding steroid dienone is 1. The van der Waals surface area contributed by atoms with Gasteiger partial charge >= 0.3 is 0 Å². The molecule has 2 heteroatoms. The van der Waals surface area contributed by atoms with E-state index >= 15 is 0 Å². The highest BCUT2D eigenvalue weighted by molar-refractivity contribution is 5.37. The van der Waals surface area contributed by atoms with Crippen molar-refractivity contribution in [2.75, 3.05) is 0 Å². The lowest BCUT2D eigenvalue weighted by Crippen LogP contribution is -1.94. The van der Waals surface area contributed by atoms with E-state index in [1.165, 1.54) is 12.1 Å². The van der Waals surface area contributed by atoms with Crippen molar-refractivity contribution in [1.29, 1.82) is 0 Å². The van der Waals surface area contributed by atoms with E-state index in [1.54, 1.807) is 6.08 Å². The Balaban J connectivity index is 3.02. The van der Waals surface area contributed by atoms with Gasteiger partial charge in [-0.3, -0.25) is 0 Å². The van der Waals surface area contributed by atoms with Crippen LogP contribution in [0.15, 0.2) is 24.8 Å². The number of hydrogen-bond acceptors (Lipinski definition) is 0. The van der Waals surface area contributed by atoms with Gasteiger partial charge in [-0.1, -0.05) is 12.0 Å². The molecule has 0 spiro atoms. The van der Waals surface area contributed by atoms with Crippen molar-refractivity contribution in [3.8, 4) is 12.3 Å². The Morgan fingerprint density at radius 2 is 1.93 bits per heavy atom. The molecule has 0 aliphatic heterocycles. The van der Waals surface area contributed by atoms with Gasteiger partial charge in [0.15, 0.2) is 0 Å². The Bertz CT molecular complexity index is 363. The van der Waals surface area contributed by atoms with E-state index in [0.29, 0.717) is 18.4 Å². The fourth-order valence-electron chi connectivity index (χ4n) is 1.18. The van der Waals surface area contributed by atoms with E-state index in [4.69, 9.17) is 6.42 Å². The highest BCUT2D eigenvalue weighted by Gasteiger charge is 2.08. The number of terminal acetylenes is 1. The lowest BCUT2D eigenvalue weighted by Gasteiger charge is -2.02. The van der Waals surface area contributed by atoms with Gasteiger partial charge in [0, 0.05) is 0 Å². The Hall–Kier alpha value is -1.62. The minimum Gasteiger partial charge on any atom is -0.206 e. The molecule has 0 aliphatic rings. The highest BCUT2D eigenvalue weighted by Crippen LogP contribution is 2.15. The molecule has 0 unspecified atom stereocenters. The summed E-state index contributed by atoms with van der Waals surface area (Å²) in [6, 6.07) is 2.53. The predicted octanol–water partition coefficient (Wildman–Crippen LogP) is 3.06. The first-order valence-electron chi connectivity index (χ1n) is 4.24. The highest BCUT2D eigenvalue weighted by atomic mass is 19.1. The number of hydrogen-bond donors (Lipinski definition) is 0. The lowest BCUT2D eigenvalue weighted by molar-refractivity contribution is 0.574. The summed E-state index contributed by atoms with van der Waals surface area (Å²) in [6.45, 7) is 3.53. The number of rotatable bonds is 3. The Morgan fingerprint density at radius 1 is 1.36 bits per heavy atom. The summed E-state index contributed by atoms with van der Waals surface area (Å²) >= 11 is 0. The largest absolute Gasteiger partial charge is 0.206 e. The SMILES string of the molecule is C#Cc1c(F)cc(CCC=C)cc1F. The third kappa shape index (κ3) is 2.20. The van der Waals surface area contributed by atoms with Gasteiger partial charge in [0.05, 0.1) is 5.56 Å². The molecule has 72 valence electrons. The molecule has 0 amide bonds. The van der Waals surface area contributed by atoms with Gasteiger partial charge in [0.1, 0.15) is 11.6 Å². The van der Waals surface area contributed by atoms with E-state index in [2.05, 4.69) is 6.58 Å². The predicted molar refractivity (Wildman–Crippen MR) is 52.8 cm³/mol. The van der Waals surface area contributed by atoms with Gasteiger partial charge < -0.3 is 0 Å². The zero-order valence-electron chi connectivity index (χ0n) is 7.69. The molecule has 14 heavy (non-hydrogen) atoms. The van der Waals surface area contributed by atoms with Crippen molar-refractivity contribution in [1.82, 2.24) is 0 Å². The smallest absolute Gasteiger partial charge is 0.142 e. The van der Waals surface area contributed by atoms with Crippen LogP contribution in [0.2, 0.25) is 0 Å². The monoisotopic (exact) mass is 192 g/mol. The summed E-state index contributed by atoms with van der Waals surface area (Å²) < 4.78 is 26.3. The van der Waals surface area contributed by atoms with Crippen LogP contribution in [0.4, 0.5) is 8.78 Å². The van der Waals surface area contributed by atoms with Crippen LogP contribution in [0.1, 0.15) is 17.5 Å². The second-order valence-corrected chi connectivity index (χ2v) is 2.91. The average Bonchev–Trinajstić information content (AvgIpc) is 2.14. The van der Waals surface area contributed by atoms with Crippen LogP contribution < -0.4 is 0 Å². The topological polar surface area (TPSA) is 0 Å². The minimum atomic E-state index is -0.674. The molecular formula is C12H10F2. The first-order valence-corrected chi connectivity index (χ1v) is 4.24. The maximum Gasteiger partial charge on any atom is 0.142 e. The van der Waals surface area contributed by atoms with Gasteiger partial charge in [0.2, 0.25) is 0 Å². The number of benzene rings is 1.